The zero-order valence-electron chi connectivity index (χ0n) is 16.0. The maximum Gasteiger partial charge on any atom is 0.341 e. The Morgan fingerprint density at radius 3 is 2.44 bits per heavy atom. The van der Waals surface area contributed by atoms with Gasteiger partial charge in [0.2, 0.25) is 5.91 Å². The van der Waals surface area contributed by atoms with Gasteiger partial charge in [0.15, 0.2) is 0 Å². The molecule has 1 heterocycles. The highest BCUT2D eigenvalue weighted by Crippen LogP contribution is 2.37. The topological polar surface area (TPSA) is 55.4 Å². The minimum Gasteiger partial charge on any atom is -0.462 e. The van der Waals surface area contributed by atoms with Crippen LogP contribution in [0.2, 0.25) is 0 Å². The van der Waals surface area contributed by atoms with Crippen molar-refractivity contribution in [2.75, 3.05) is 11.9 Å². The van der Waals surface area contributed by atoms with Crippen LogP contribution in [0.4, 0.5) is 5.00 Å². The van der Waals surface area contributed by atoms with Gasteiger partial charge >= 0.3 is 5.97 Å². The van der Waals surface area contributed by atoms with Gasteiger partial charge in [-0.15, -0.1) is 11.3 Å². The maximum atomic E-state index is 12.7. The highest BCUT2D eigenvalue weighted by atomic mass is 32.1. The van der Waals surface area contributed by atoms with Gasteiger partial charge in [-0.05, 0) is 37.3 Å². The molecule has 1 aliphatic rings. The summed E-state index contributed by atoms with van der Waals surface area (Å²) in [6, 6.07) is 8.19. The van der Waals surface area contributed by atoms with Gasteiger partial charge in [-0.3, -0.25) is 4.79 Å². The molecule has 0 radical (unpaired) electrons. The summed E-state index contributed by atoms with van der Waals surface area (Å²) < 4.78 is 5.28. The van der Waals surface area contributed by atoms with E-state index in [1.54, 1.807) is 6.92 Å². The zero-order valence-corrected chi connectivity index (χ0v) is 16.9. The van der Waals surface area contributed by atoms with Crippen molar-refractivity contribution in [3.05, 3.63) is 40.8 Å². The molecule has 5 heteroatoms. The molecule has 4 nitrogen and oxygen atoms in total. The van der Waals surface area contributed by atoms with Crippen molar-refractivity contribution >= 4 is 28.2 Å². The number of benzene rings is 1. The monoisotopic (exact) mass is 385 g/mol. The second-order valence-electron chi connectivity index (χ2n) is 6.95. The highest BCUT2D eigenvalue weighted by molar-refractivity contribution is 7.15. The first-order valence-electron chi connectivity index (χ1n) is 9.82. The van der Waals surface area contributed by atoms with E-state index < -0.39 is 0 Å². The minimum atomic E-state index is -0.382. The standard InChI is InChI=1S/C22H27NO3S/c1-3-15-10-12-16(13-11-15)18-14-27-21(19(18)22(25)26-4-2)23-20(24)17-8-6-5-7-9-17/h10-14,17H,3-9H2,1-2H3,(H,23,24). The van der Waals surface area contributed by atoms with Gasteiger partial charge in [0, 0.05) is 16.9 Å². The second-order valence-corrected chi connectivity index (χ2v) is 7.83. The number of anilines is 1. The predicted octanol–water partition coefficient (Wildman–Crippen LogP) is 5.67. The van der Waals surface area contributed by atoms with Gasteiger partial charge in [0.25, 0.3) is 0 Å². The number of aryl methyl sites for hydroxylation is 1. The molecule has 1 aliphatic carbocycles. The van der Waals surface area contributed by atoms with Crippen LogP contribution in [-0.4, -0.2) is 18.5 Å². The molecule has 0 unspecified atom stereocenters. The van der Waals surface area contributed by atoms with Crippen LogP contribution in [0.5, 0.6) is 0 Å². The first kappa shape index (κ1) is 19.6. The molecule has 1 N–H and O–H groups in total. The Morgan fingerprint density at radius 2 is 1.81 bits per heavy atom. The molecule has 0 bridgehead atoms. The molecule has 0 saturated heterocycles. The third-order valence-electron chi connectivity index (χ3n) is 5.16. The molecule has 0 spiro atoms. The first-order chi connectivity index (χ1) is 13.1. The lowest BCUT2D eigenvalue weighted by Crippen LogP contribution is -2.25. The fourth-order valence-corrected chi connectivity index (χ4v) is 4.53. The van der Waals surface area contributed by atoms with E-state index in [1.807, 2.05) is 17.5 Å². The van der Waals surface area contributed by atoms with Crippen molar-refractivity contribution in [2.45, 2.75) is 52.4 Å². The summed E-state index contributed by atoms with van der Waals surface area (Å²) >= 11 is 1.39. The summed E-state index contributed by atoms with van der Waals surface area (Å²) in [7, 11) is 0. The number of amides is 1. The summed E-state index contributed by atoms with van der Waals surface area (Å²) in [5.74, 6) is -0.314. The average Bonchev–Trinajstić information content (AvgIpc) is 3.12. The van der Waals surface area contributed by atoms with Gasteiger partial charge in [0.1, 0.15) is 10.6 Å². The molecule has 144 valence electrons. The Balaban J connectivity index is 1.90. The lowest BCUT2D eigenvalue weighted by Gasteiger charge is -2.20. The number of rotatable bonds is 6. The number of hydrogen-bond donors (Lipinski definition) is 1. The molecule has 27 heavy (non-hydrogen) atoms. The average molecular weight is 386 g/mol. The number of carbonyl (C=O) groups is 2. The Bertz CT molecular complexity index is 788. The molecule has 3 rings (SSSR count). The van der Waals surface area contributed by atoms with Crippen LogP contribution in [0.25, 0.3) is 11.1 Å². The Labute approximate surface area is 164 Å². The van der Waals surface area contributed by atoms with E-state index in [-0.39, 0.29) is 17.8 Å². The van der Waals surface area contributed by atoms with E-state index in [0.717, 1.165) is 43.2 Å². The van der Waals surface area contributed by atoms with Crippen molar-refractivity contribution in [1.29, 1.82) is 0 Å². The van der Waals surface area contributed by atoms with E-state index in [9.17, 15) is 9.59 Å². The number of nitrogens with one attached hydrogen (secondary N) is 1. The van der Waals surface area contributed by atoms with Crippen molar-refractivity contribution in [3.63, 3.8) is 0 Å². The fraction of sp³-hybridized carbons (Fsp3) is 0.455. The number of hydrogen-bond acceptors (Lipinski definition) is 4. The van der Waals surface area contributed by atoms with Crippen LogP contribution in [0.3, 0.4) is 0 Å². The number of ether oxygens (including phenoxy) is 1. The van der Waals surface area contributed by atoms with Gasteiger partial charge in [0.05, 0.1) is 6.61 Å². The molecule has 0 atom stereocenters. The second kappa shape index (κ2) is 9.18. The molecular weight excluding hydrogens is 358 g/mol. The van der Waals surface area contributed by atoms with E-state index in [0.29, 0.717) is 17.2 Å². The van der Waals surface area contributed by atoms with Crippen LogP contribution in [-0.2, 0) is 16.0 Å². The Hall–Kier alpha value is -2.14. The maximum absolute atomic E-state index is 12.7. The lowest BCUT2D eigenvalue weighted by molar-refractivity contribution is -0.120. The van der Waals surface area contributed by atoms with Gasteiger partial charge in [-0.25, -0.2) is 4.79 Å². The van der Waals surface area contributed by atoms with Crippen LogP contribution < -0.4 is 5.32 Å². The summed E-state index contributed by atoms with van der Waals surface area (Å²) in [6.07, 6.45) is 6.23. The number of esters is 1. The highest BCUT2D eigenvalue weighted by Gasteiger charge is 2.26. The number of carbonyl (C=O) groups excluding carboxylic acids is 2. The van der Waals surface area contributed by atoms with Crippen molar-refractivity contribution in [2.24, 2.45) is 5.92 Å². The Kier molecular flexibility index (Phi) is 6.67. The SMILES string of the molecule is CCOC(=O)c1c(-c2ccc(CC)cc2)csc1NC(=O)C1CCCCC1. The van der Waals surface area contributed by atoms with E-state index in [1.165, 1.54) is 23.3 Å². The van der Waals surface area contributed by atoms with E-state index >= 15 is 0 Å². The smallest absolute Gasteiger partial charge is 0.341 e. The normalized spacial score (nSPS) is 14.7. The van der Waals surface area contributed by atoms with E-state index in [2.05, 4.69) is 24.4 Å². The molecular formula is C22H27NO3S. The van der Waals surface area contributed by atoms with Crippen molar-refractivity contribution in [1.82, 2.24) is 0 Å². The van der Waals surface area contributed by atoms with Gasteiger partial charge in [-0.2, -0.15) is 0 Å². The zero-order chi connectivity index (χ0) is 19.2. The lowest BCUT2D eigenvalue weighted by atomic mass is 9.88. The summed E-state index contributed by atoms with van der Waals surface area (Å²) in [6.45, 7) is 4.21. The third-order valence-corrected chi connectivity index (χ3v) is 6.05. The summed E-state index contributed by atoms with van der Waals surface area (Å²) in [5, 5.41) is 5.54. The molecule has 2 aromatic rings. The minimum absolute atomic E-state index is 0.0231. The Morgan fingerprint density at radius 1 is 1.11 bits per heavy atom. The van der Waals surface area contributed by atoms with Crippen molar-refractivity contribution in [3.8, 4) is 11.1 Å². The van der Waals surface area contributed by atoms with Crippen LogP contribution in [0.1, 0.15) is 61.9 Å². The van der Waals surface area contributed by atoms with Crippen LogP contribution >= 0.6 is 11.3 Å². The molecule has 1 aromatic carbocycles. The first-order valence-corrected chi connectivity index (χ1v) is 10.7. The molecule has 0 aliphatic heterocycles. The quantitative estimate of drug-likeness (QED) is 0.652. The molecule has 1 amide bonds. The summed E-state index contributed by atoms with van der Waals surface area (Å²) in [4.78, 5) is 25.3. The largest absolute Gasteiger partial charge is 0.462 e. The predicted molar refractivity (Wildman–Crippen MR) is 110 cm³/mol. The summed E-state index contributed by atoms with van der Waals surface area (Å²) in [5.41, 5.74) is 3.50. The van der Waals surface area contributed by atoms with Crippen LogP contribution in [0.15, 0.2) is 29.6 Å². The van der Waals surface area contributed by atoms with Gasteiger partial charge in [-0.1, -0.05) is 50.5 Å². The van der Waals surface area contributed by atoms with Crippen molar-refractivity contribution < 1.29 is 14.3 Å². The third kappa shape index (κ3) is 4.59. The number of thiophene rings is 1. The molecule has 1 saturated carbocycles. The van der Waals surface area contributed by atoms with Gasteiger partial charge < -0.3 is 10.1 Å². The van der Waals surface area contributed by atoms with Crippen LogP contribution in [0, 0.1) is 5.92 Å². The fourth-order valence-electron chi connectivity index (χ4n) is 3.57. The molecule has 1 aromatic heterocycles. The van der Waals surface area contributed by atoms with E-state index in [4.69, 9.17) is 4.74 Å². The molecule has 1 fully saturated rings.